The number of nitrogens with zero attached hydrogens (tertiary/aromatic N) is 4. The molecular formula is C57H36N4S. The van der Waals surface area contributed by atoms with Gasteiger partial charge in [0.25, 0.3) is 0 Å². The van der Waals surface area contributed by atoms with E-state index in [-0.39, 0.29) is 0 Å². The van der Waals surface area contributed by atoms with Gasteiger partial charge in [0.15, 0.2) is 17.5 Å². The van der Waals surface area contributed by atoms with Crippen LogP contribution in [-0.4, -0.2) is 19.5 Å². The topological polar surface area (TPSA) is 43.6 Å². The highest BCUT2D eigenvalue weighted by Crippen LogP contribution is 2.45. The van der Waals surface area contributed by atoms with E-state index in [4.69, 9.17) is 15.0 Å². The second-order valence-corrected chi connectivity index (χ2v) is 16.6. The van der Waals surface area contributed by atoms with Crippen LogP contribution in [0.1, 0.15) is 0 Å². The molecule has 0 atom stereocenters. The molecule has 3 aromatic heterocycles. The summed E-state index contributed by atoms with van der Waals surface area (Å²) in [6, 6.07) is 77.5. The van der Waals surface area contributed by atoms with Gasteiger partial charge in [-0.1, -0.05) is 170 Å². The second kappa shape index (κ2) is 14.9. The van der Waals surface area contributed by atoms with Crippen molar-refractivity contribution in [3.8, 4) is 73.2 Å². The number of benzene rings is 9. The molecule has 290 valence electrons. The molecule has 12 aromatic rings. The average Bonchev–Trinajstić information content (AvgIpc) is 3.90. The van der Waals surface area contributed by atoms with Gasteiger partial charge in [-0.05, 0) is 81.9 Å². The number of aromatic nitrogens is 4. The maximum Gasteiger partial charge on any atom is 0.166 e. The Kier molecular flexibility index (Phi) is 8.65. The number of fused-ring (bicyclic) bond motifs is 7. The third kappa shape index (κ3) is 6.18. The summed E-state index contributed by atoms with van der Waals surface area (Å²) < 4.78 is 5.00. The Morgan fingerprint density at radius 2 is 0.823 bits per heavy atom. The molecule has 0 saturated carbocycles. The lowest BCUT2D eigenvalue weighted by atomic mass is 9.92. The van der Waals surface area contributed by atoms with Gasteiger partial charge in [0.05, 0.1) is 16.7 Å². The lowest BCUT2D eigenvalue weighted by Gasteiger charge is -2.17. The third-order valence-corrected chi connectivity index (χ3v) is 13.0. The van der Waals surface area contributed by atoms with Gasteiger partial charge in [0, 0.05) is 47.6 Å². The minimum absolute atomic E-state index is 0.603. The van der Waals surface area contributed by atoms with E-state index in [1.54, 1.807) is 0 Å². The normalized spacial score (nSPS) is 11.5. The Hall–Kier alpha value is -7.99. The van der Waals surface area contributed by atoms with E-state index in [2.05, 4.69) is 187 Å². The molecule has 0 radical (unpaired) electrons. The maximum atomic E-state index is 5.34. The first kappa shape index (κ1) is 35.9. The Bertz CT molecular complexity index is 3500. The van der Waals surface area contributed by atoms with Crippen LogP contribution in [0.15, 0.2) is 218 Å². The van der Waals surface area contributed by atoms with Crippen LogP contribution in [0, 0.1) is 0 Å². The van der Waals surface area contributed by atoms with Crippen molar-refractivity contribution in [1.29, 1.82) is 0 Å². The van der Waals surface area contributed by atoms with Crippen LogP contribution >= 0.6 is 11.3 Å². The van der Waals surface area contributed by atoms with Gasteiger partial charge >= 0.3 is 0 Å². The zero-order valence-electron chi connectivity index (χ0n) is 33.5. The van der Waals surface area contributed by atoms with Crippen molar-refractivity contribution < 1.29 is 0 Å². The highest BCUT2D eigenvalue weighted by atomic mass is 32.1. The molecule has 0 spiro atoms. The largest absolute Gasteiger partial charge is 0.308 e. The van der Waals surface area contributed by atoms with Crippen molar-refractivity contribution >= 4 is 53.3 Å². The van der Waals surface area contributed by atoms with Crippen LogP contribution in [0.25, 0.3) is 115 Å². The van der Waals surface area contributed by atoms with Crippen molar-refractivity contribution in [1.82, 2.24) is 19.5 Å². The highest BCUT2D eigenvalue weighted by Gasteiger charge is 2.22. The van der Waals surface area contributed by atoms with Crippen molar-refractivity contribution in [3.63, 3.8) is 0 Å². The predicted molar refractivity (Wildman–Crippen MR) is 260 cm³/mol. The summed E-state index contributed by atoms with van der Waals surface area (Å²) in [7, 11) is 0. The summed E-state index contributed by atoms with van der Waals surface area (Å²) in [5, 5.41) is 5.03. The van der Waals surface area contributed by atoms with Crippen LogP contribution in [0.5, 0.6) is 0 Å². The van der Waals surface area contributed by atoms with Gasteiger partial charge in [-0.2, -0.15) is 0 Å². The van der Waals surface area contributed by atoms with Gasteiger partial charge in [-0.3, -0.25) is 0 Å². The fraction of sp³-hybridized carbons (Fsp3) is 0. The smallest absolute Gasteiger partial charge is 0.166 e. The van der Waals surface area contributed by atoms with Crippen LogP contribution in [-0.2, 0) is 0 Å². The van der Waals surface area contributed by atoms with Crippen LogP contribution in [0.2, 0.25) is 0 Å². The molecule has 0 fully saturated rings. The summed E-state index contributed by atoms with van der Waals surface area (Å²) in [6.45, 7) is 0. The fourth-order valence-electron chi connectivity index (χ4n) is 8.90. The monoisotopic (exact) mass is 808 g/mol. The zero-order chi connectivity index (χ0) is 41.0. The molecule has 0 amide bonds. The molecule has 9 aromatic carbocycles. The molecule has 12 rings (SSSR count). The summed E-state index contributed by atoms with van der Waals surface area (Å²) in [5.74, 6) is 1.85. The molecule has 0 unspecified atom stereocenters. The van der Waals surface area contributed by atoms with Gasteiger partial charge in [0.2, 0.25) is 0 Å². The summed E-state index contributed by atoms with van der Waals surface area (Å²) in [4.78, 5) is 15.8. The van der Waals surface area contributed by atoms with Crippen LogP contribution < -0.4 is 0 Å². The minimum atomic E-state index is 0.603. The van der Waals surface area contributed by atoms with E-state index in [0.29, 0.717) is 17.5 Å². The van der Waals surface area contributed by atoms with Crippen molar-refractivity contribution in [3.05, 3.63) is 218 Å². The summed E-state index contributed by atoms with van der Waals surface area (Å²) >= 11 is 1.87. The number of hydrogen-bond donors (Lipinski definition) is 0. The summed E-state index contributed by atoms with van der Waals surface area (Å²) in [6.07, 6.45) is 0. The van der Waals surface area contributed by atoms with E-state index < -0.39 is 0 Å². The Morgan fingerprint density at radius 1 is 0.323 bits per heavy atom. The highest BCUT2D eigenvalue weighted by molar-refractivity contribution is 7.26. The Balaban J connectivity index is 1.16. The molecule has 0 aliphatic heterocycles. The molecule has 5 heteroatoms. The first-order valence-electron chi connectivity index (χ1n) is 20.8. The van der Waals surface area contributed by atoms with Gasteiger partial charge in [0.1, 0.15) is 0 Å². The third-order valence-electron chi connectivity index (χ3n) is 11.8. The fourth-order valence-corrected chi connectivity index (χ4v) is 10.2. The zero-order valence-corrected chi connectivity index (χ0v) is 34.3. The maximum absolute atomic E-state index is 5.34. The van der Waals surface area contributed by atoms with Crippen molar-refractivity contribution in [2.75, 3.05) is 0 Å². The number of rotatable bonds is 7. The molecule has 62 heavy (non-hydrogen) atoms. The number of hydrogen-bond acceptors (Lipinski definition) is 4. The molecule has 0 aliphatic carbocycles. The number of thiophene rings is 1. The molecule has 0 bridgehead atoms. The van der Waals surface area contributed by atoms with E-state index in [1.165, 1.54) is 42.1 Å². The van der Waals surface area contributed by atoms with Crippen molar-refractivity contribution in [2.24, 2.45) is 0 Å². The molecule has 0 aliphatic rings. The van der Waals surface area contributed by atoms with Gasteiger partial charge in [-0.15, -0.1) is 11.3 Å². The molecule has 3 heterocycles. The summed E-state index contributed by atoms with van der Waals surface area (Å²) in [5.41, 5.74) is 12.8. The van der Waals surface area contributed by atoms with E-state index in [0.717, 1.165) is 55.7 Å². The standard InChI is InChI=1S/C57H36N4S/c1-5-17-37(18-6-1)42-33-43(38-19-7-2-8-20-38)35-44(34-42)41-29-31-50(48(36-41)57-59-55(39-21-9-3-10-22-39)58-56(60-57)40-23-11-4-12-24-40)61-49-27-15-13-26-47(49)53-51(61)32-30-46-45-25-14-16-28-52(45)62-54(46)53/h1-36H. The van der Waals surface area contributed by atoms with E-state index >= 15 is 0 Å². The molecule has 0 saturated heterocycles. The Morgan fingerprint density at radius 3 is 1.44 bits per heavy atom. The average molecular weight is 809 g/mol. The van der Waals surface area contributed by atoms with E-state index in [9.17, 15) is 0 Å². The first-order valence-corrected chi connectivity index (χ1v) is 21.7. The first-order chi connectivity index (χ1) is 30.7. The number of para-hydroxylation sites is 1. The lowest BCUT2D eigenvalue weighted by Crippen LogP contribution is -2.04. The molecule has 4 nitrogen and oxygen atoms in total. The Labute approximate surface area is 362 Å². The predicted octanol–water partition coefficient (Wildman–Crippen LogP) is 15.3. The van der Waals surface area contributed by atoms with Crippen molar-refractivity contribution in [2.45, 2.75) is 0 Å². The lowest BCUT2D eigenvalue weighted by molar-refractivity contribution is 1.06. The second-order valence-electron chi connectivity index (χ2n) is 15.6. The quantitative estimate of drug-likeness (QED) is 0.161. The van der Waals surface area contributed by atoms with Gasteiger partial charge in [-0.25, -0.2) is 15.0 Å². The molecular weight excluding hydrogens is 773 g/mol. The van der Waals surface area contributed by atoms with Crippen LogP contribution in [0.4, 0.5) is 0 Å². The van der Waals surface area contributed by atoms with E-state index in [1.807, 2.05) is 47.7 Å². The SMILES string of the molecule is c1ccc(-c2cc(-c3ccccc3)cc(-c3ccc(-n4c5ccccc5c5c6sc7ccccc7c6ccc54)c(-c4nc(-c5ccccc5)nc(-c5ccccc5)n4)c3)c2)cc1. The van der Waals surface area contributed by atoms with Gasteiger partial charge < -0.3 is 4.57 Å². The molecule has 0 N–H and O–H groups in total. The van der Waals surface area contributed by atoms with Crippen LogP contribution in [0.3, 0.4) is 0 Å². The minimum Gasteiger partial charge on any atom is -0.308 e.